The molecule has 31 heavy (non-hydrogen) atoms. The molecule has 1 aliphatic rings. The van der Waals surface area contributed by atoms with E-state index in [1.165, 1.54) is 47.6 Å². The molecule has 0 bridgehead atoms. The first kappa shape index (κ1) is 23.7. The predicted molar refractivity (Wildman–Crippen MR) is 133 cm³/mol. The van der Waals surface area contributed by atoms with E-state index < -0.39 is 0 Å². The molecule has 0 atom stereocenters. The summed E-state index contributed by atoms with van der Waals surface area (Å²) < 4.78 is 13.0. The van der Waals surface area contributed by atoms with Gasteiger partial charge < -0.3 is 9.47 Å². The zero-order valence-electron chi connectivity index (χ0n) is 20.4. The molecule has 2 aromatic carbocycles. The van der Waals surface area contributed by atoms with Crippen molar-refractivity contribution in [3.05, 3.63) is 47.0 Å². The minimum absolute atomic E-state index is 0.644. The molecular weight excluding hydrogens is 380 g/mol. The normalized spacial score (nSPS) is 13.6. The molecule has 2 aromatic rings. The van der Waals surface area contributed by atoms with E-state index in [4.69, 9.17) is 9.47 Å². The highest BCUT2D eigenvalue weighted by atomic mass is 16.5. The summed E-state index contributed by atoms with van der Waals surface area (Å²) >= 11 is 0. The van der Waals surface area contributed by atoms with Crippen LogP contribution in [-0.4, -0.2) is 13.2 Å². The van der Waals surface area contributed by atoms with Crippen LogP contribution < -0.4 is 9.47 Å². The Labute approximate surface area is 190 Å². The maximum absolute atomic E-state index is 6.52. The van der Waals surface area contributed by atoms with Gasteiger partial charge in [0.25, 0.3) is 0 Å². The average Bonchev–Trinajstić information content (AvgIpc) is 2.74. The molecule has 0 radical (unpaired) electrons. The Morgan fingerprint density at radius 3 is 1.94 bits per heavy atom. The van der Waals surface area contributed by atoms with Crippen LogP contribution in [0.5, 0.6) is 11.5 Å². The van der Waals surface area contributed by atoms with Crippen LogP contribution in [0.1, 0.15) is 84.3 Å². The number of allylic oxidation sites excluding steroid dienone is 2. The van der Waals surface area contributed by atoms with Crippen molar-refractivity contribution in [2.75, 3.05) is 13.2 Å². The topological polar surface area (TPSA) is 18.5 Å². The van der Waals surface area contributed by atoms with E-state index in [2.05, 4.69) is 65.0 Å². The molecule has 1 aliphatic carbocycles. The van der Waals surface area contributed by atoms with E-state index in [1.807, 2.05) is 0 Å². The van der Waals surface area contributed by atoms with Crippen molar-refractivity contribution in [1.29, 1.82) is 0 Å². The maximum atomic E-state index is 6.52. The number of hydrogen-bond acceptors (Lipinski definition) is 2. The molecule has 0 heterocycles. The van der Waals surface area contributed by atoms with Crippen LogP contribution in [0.25, 0.3) is 10.8 Å². The summed E-state index contributed by atoms with van der Waals surface area (Å²) in [6.45, 7) is 12.9. The van der Waals surface area contributed by atoms with Crippen LogP contribution >= 0.6 is 0 Å². The van der Waals surface area contributed by atoms with Gasteiger partial charge in [0.1, 0.15) is 11.5 Å². The highest BCUT2D eigenvalue weighted by Gasteiger charge is 2.24. The fourth-order valence-electron chi connectivity index (χ4n) is 4.34. The SMILES string of the molecule is CCCCCC1=CCc2c(c(OCCC(C)C)c3ccccc3c2OCCC(C)C)C1. The first-order valence-corrected chi connectivity index (χ1v) is 12.5. The quantitative estimate of drug-likeness (QED) is 0.253. The van der Waals surface area contributed by atoms with Crippen molar-refractivity contribution >= 4 is 10.8 Å². The Morgan fingerprint density at radius 1 is 0.806 bits per heavy atom. The molecule has 0 aromatic heterocycles. The molecular formula is C29H42O2. The summed E-state index contributed by atoms with van der Waals surface area (Å²) in [5, 5.41) is 2.41. The smallest absolute Gasteiger partial charge is 0.131 e. The number of fused-ring (bicyclic) bond motifs is 2. The zero-order chi connectivity index (χ0) is 22.2. The fourth-order valence-corrected chi connectivity index (χ4v) is 4.34. The van der Waals surface area contributed by atoms with Crippen molar-refractivity contribution in [1.82, 2.24) is 0 Å². The third-order valence-corrected chi connectivity index (χ3v) is 6.31. The van der Waals surface area contributed by atoms with Gasteiger partial charge in [0.15, 0.2) is 0 Å². The molecule has 0 spiro atoms. The molecule has 170 valence electrons. The van der Waals surface area contributed by atoms with E-state index in [0.29, 0.717) is 11.8 Å². The van der Waals surface area contributed by atoms with E-state index in [0.717, 1.165) is 50.4 Å². The summed E-state index contributed by atoms with van der Waals surface area (Å²) in [6.07, 6.45) is 11.6. The van der Waals surface area contributed by atoms with Crippen LogP contribution in [0.3, 0.4) is 0 Å². The summed E-state index contributed by atoms with van der Waals surface area (Å²) in [5.74, 6) is 3.48. The van der Waals surface area contributed by atoms with Gasteiger partial charge >= 0.3 is 0 Å². The lowest BCUT2D eigenvalue weighted by atomic mass is 9.85. The second-order valence-corrected chi connectivity index (χ2v) is 9.92. The molecule has 2 heteroatoms. The Bertz CT molecular complexity index is 876. The summed E-state index contributed by atoms with van der Waals surface area (Å²) in [6, 6.07) is 8.67. The Morgan fingerprint density at radius 2 is 1.39 bits per heavy atom. The Hall–Kier alpha value is -1.96. The molecule has 0 saturated heterocycles. The molecule has 3 rings (SSSR count). The molecule has 0 amide bonds. The lowest BCUT2D eigenvalue weighted by Crippen LogP contribution is -2.12. The van der Waals surface area contributed by atoms with Gasteiger partial charge in [-0.3, -0.25) is 0 Å². The number of benzene rings is 2. The molecule has 0 N–H and O–H groups in total. The summed E-state index contributed by atoms with van der Waals surface area (Å²) in [7, 11) is 0. The number of hydrogen-bond donors (Lipinski definition) is 0. The van der Waals surface area contributed by atoms with Gasteiger partial charge in [-0.05, 0) is 50.4 Å². The highest BCUT2D eigenvalue weighted by molar-refractivity contribution is 5.96. The van der Waals surface area contributed by atoms with Crippen molar-refractivity contribution in [2.24, 2.45) is 11.8 Å². The molecule has 2 nitrogen and oxygen atoms in total. The van der Waals surface area contributed by atoms with E-state index in [1.54, 1.807) is 5.57 Å². The summed E-state index contributed by atoms with van der Waals surface area (Å²) in [5.41, 5.74) is 4.29. The summed E-state index contributed by atoms with van der Waals surface area (Å²) in [4.78, 5) is 0. The Kier molecular flexibility index (Phi) is 8.87. The second kappa shape index (κ2) is 11.6. The van der Waals surface area contributed by atoms with Gasteiger partial charge in [-0.1, -0.05) is 83.4 Å². The third-order valence-electron chi connectivity index (χ3n) is 6.31. The molecule has 0 aliphatic heterocycles. The standard InChI is InChI=1S/C29H42O2/c1-6-7-8-11-23-14-15-26-27(20-23)29(31-19-17-22(4)5)25-13-10-9-12-24(25)28(26)30-18-16-21(2)3/h9-10,12-14,21-22H,6-8,11,15-20H2,1-5H3. The van der Waals surface area contributed by atoms with Gasteiger partial charge in [0.05, 0.1) is 13.2 Å². The molecule has 0 saturated carbocycles. The maximum Gasteiger partial charge on any atom is 0.131 e. The molecule has 0 unspecified atom stereocenters. The van der Waals surface area contributed by atoms with Gasteiger partial charge in [-0.25, -0.2) is 0 Å². The van der Waals surface area contributed by atoms with Gasteiger partial charge in [0.2, 0.25) is 0 Å². The lowest BCUT2D eigenvalue weighted by Gasteiger charge is -2.26. The highest BCUT2D eigenvalue weighted by Crippen LogP contribution is 2.44. The predicted octanol–water partition coefficient (Wildman–Crippen LogP) is 8.29. The van der Waals surface area contributed by atoms with Gasteiger partial charge in [0, 0.05) is 21.9 Å². The average molecular weight is 423 g/mol. The first-order chi connectivity index (χ1) is 15.0. The van der Waals surface area contributed by atoms with Crippen molar-refractivity contribution in [2.45, 2.75) is 86.0 Å². The number of unbranched alkanes of at least 4 members (excludes halogenated alkanes) is 2. The largest absolute Gasteiger partial charge is 0.493 e. The fraction of sp³-hybridized carbons (Fsp3) is 0.586. The van der Waals surface area contributed by atoms with Crippen LogP contribution in [0.4, 0.5) is 0 Å². The molecule has 0 fully saturated rings. The van der Waals surface area contributed by atoms with Crippen molar-refractivity contribution < 1.29 is 9.47 Å². The van der Waals surface area contributed by atoms with E-state index >= 15 is 0 Å². The number of rotatable bonds is 12. The zero-order valence-corrected chi connectivity index (χ0v) is 20.4. The minimum atomic E-state index is 0.644. The Balaban J connectivity index is 1.99. The third kappa shape index (κ3) is 6.28. The van der Waals surface area contributed by atoms with Crippen molar-refractivity contribution in [3.63, 3.8) is 0 Å². The van der Waals surface area contributed by atoms with Crippen LogP contribution in [0.2, 0.25) is 0 Å². The van der Waals surface area contributed by atoms with E-state index in [9.17, 15) is 0 Å². The van der Waals surface area contributed by atoms with Gasteiger partial charge in [-0.2, -0.15) is 0 Å². The minimum Gasteiger partial charge on any atom is -0.493 e. The van der Waals surface area contributed by atoms with E-state index in [-0.39, 0.29) is 0 Å². The second-order valence-electron chi connectivity index (χ2n) is 9.92. The van der Waals surface area contributed by atoms with Crippen molar-refractivity contribution in [3.8, 4) is 11.5 Å². The number of ether oxygens (including phenoxy) is 2. The van der Waals surface area contributed by atoms with Gasteiger partial charge in [-0.15, -0.1) is 0 Å². The first-order valence-electron chi connectivity index (χ1n) is 12.5. The monoisotopic (exact) mass is 422 g/mol. The van der Waals surface area contributed by atoms with Crippen LogP contribution in [0, 0.1) is 11.8 Å². The lowest BCUT2D eigenvalue weighted by molar-refractivity contribution is 0.282. The van der Waals surface area contributed by atoms with Crippen LogP contribution in [0.15, 0.2) is 35.9 Å². The van der Waals surface area contributed by atoms with Crippen LogP contribution in [-0.2, 0) is 12.8 Å².